The van der Waals surface area contributed by atoms with Gasteiger partial charge in [-0.1, -0.05) is 49.4 Å². The zero-order valence-corrected chi connectivity index (χ0v) is 14.6. The van der Waals surface area contributed by atoms with Crippen LogP contribution in [0.4, 0.5) is 0 Å². The molecule has 0 amide bonds. The number of hydrogen-bond donors (Lipinski definition) is 0. The fourth-order valence-electron chi connectivity index (χ4n) is 3.34. The third-order valence-electron chi connectivity index (χ3n) is 4.71. The SMILES string of the molecule is CCc1nc2oc3ccccc3c(=O)c2c(=O)n1[C@H](C)c1ccccc1. The molecule has 0 aliphatic heterocycles. The van der Waals surface area contributed by atoms with Crippen molar-refractivity contribution in [2.45, 2.75) is 26.3 Å². The summed E-state index contributed by atoms with van der Waals surface area (Å²) in [5, 5.41) is 0.394. The molecule has 5 heteroatoms. The Morgan fingerprint density at radius 3 is 2.46 bits per heavy atom. The van der Waals surface area contributed by atoms with E-state index < -0.39 is 0 Å². The largest absolute Gasteiger partial charge is 0.437 e. The number of aryl methyl sites for hydroxylation is 1. The van der Waals surface area contributed by atoms with E-state index in [1.54, 1.807) is 28.8 Å². The average Bonchev–Trinajstić information content (AvgIpc) is 2.68. The first-order chi connectivity index (χ1) is 12.6. The van der Waals surface area contributed by atoms with Crippen LogP contribution in [0.25, 0.3) is 22.1 Å². The van der Waals surface area contributed by atoms with Crippen molar-refractivity contribution < 1.29 is 4.42 Å². The van der Waals surface area contributed by atoms with E-state index in [1.807, 2.05) is 44.2 Å². The van der Waals surface area contributed by atoms with Gasteiger partial charge in [-0.25, -0.2) is 0 Å². The molecule has 130 valence electrons. The zero-order chi connectivity index (χ0) is 18.3. The smallest absolute Gasteiger partial charge is 0.269 e. The minimum Gasteiger partial charge on any atom is -0.437 e. The lowest BCUT2D eigenvalue weighted by molar-refractivity contribution is 0.559. The normalized spacial score (nSPS) is 12.5. The van der Waals surface area contributed by atoms with E-state index in [4.69, 9.17) is 4.42 Å². The minimum absolute atomic E-state index is 0.00341. The minimum atomic E-state index is -0.359. The molecule has 0 bridgehead atoms. The number of aromatic nitrogens is 2. The highest BCUT2D eigenvalue weighted by molar-refractivity contribution is 5.87. The molecule has 0 unspecified atom stereocenters. The number of rotatable bonds is 3. The van der Waals surface area contributed by atoms with Gasteiger partial charge in [0.1, 0.15) is 11.4 Å². The lowest BCUT2D eigenvalue weighted by Gasteiger charge is -2.19. The van der Waals surface area contributed by atoms with Crippen molar-refractivity contribution in [3.63, 3.8) is 0 Å². The van der Waals surface area contributed by atoms with Gasteiger partial charge in [-0.05, 0) is 24.6 Å². The summed E-state index contributed by atoms with van der Waals surface area (Å²) in [6.07, 6.45) is 0.554. The number of para-hydroxylation sites is 1. The second-order valence-corrected chi connectivity index (χ2v) is 6.25. The highest BCUT2D eigenvalue weighted by atomic mass is 16.3. The van der Waals surface area contributed by atoms with E-state index >= 15 is 0 Å². The number of nitrogens with zero attached hydrogens (tertiary/aromatic N) is 2. The predicted octanol–water partition coefficient (Wildman–Crippen LogP) is 3.67. The summed E-state index contributed by atoms with van der Waals surface area (Å²) in [6.45, 7) is 3.87. The first kappa shape index (κ1) is 16.3. The van der Waals surface area contributed by atoms with Crippen molar-refractivity contribution in [3.05, 3.63) is 86.6 Å². The molecule has 0 fully saturated rings. The van der Waals surface area contributed by atoms with E-state index in [0.717, 1.165) is 5.56 Å². The predicted molar refractivity (Wildman–Crippen MR) is 102 cm³/mol. The van der Waals surface area contributed by atoms with E-state index in [1.165, 1.54) is 0 Å². The van der Waals surface area contributed by atoms with E-state index in [9.17, 15) is 9.59 Å². The van der Waals surface area contributed by atoms with Gasteiger partial charge in [0.2, 0.25) is 11.1 Å². The maximum absolute atomic E-state index is 13.3. The molecule has 5 nitrogen and oxygen atoms in total. The molecule has 0 aliphatic rings. The van der Waals surface area contributed by atoms with Crippen LogP contribution in [0.3, 0.4) is 0 Å². The highest BCUT2D eigenvalue weighted by Crippen LogP contribution is 2.20. The van der Waals surface area contributed by atoms with Gasteiger partial charge in [0, 0.05) is 6.42 Å². The monoisotopic (exact) mass is 346 g/mol. The summed E-state index contributed by atoms with van der Waals surface area (Å²) >= 11 is 0. The fraction of sp³-hybridized carbons (Fsp3) is 0.190. The van der Waals surface area contributed by atoms with Gasteiger partial charge in [0.15, 0.2) is 5.39 Å². The third kappa shape index (κ3) is 2.44. The van der Waals surface area contributed by atoms with Crippen LogP contribution in [0, 0.1) is 0 Å². The van der Waals surface area contributed by atoms with Crippen LogP contribution >= 0.6 is 0 Å². The van der Waals surface area contributed by atoms with Crippen LogP contribution in [0.1, 0.15) is 31.3 Å². The molecule has 2 aromatic heterocycles. The molecule has 0 spiro atoms. The Balaban J connectivity index is 2.09. The Labute approximate surface area is 149 Å². The van der Waals surface area contributed by atoms with Gasteiger partial charge in [0.25, 0.3) is 5.56 Å². The molecule has 0 aliphatic carbocycles. The first-order valence-corrected chi connectivity index (χ1v) is 8.63. The molecule has 0 saturated carbocycles. The molecule has 0 N–H and O–H groups in total. The van der Waals surface area contributed by atoms with Gasteiger partial charge >= 0.3 is 0 Å². The van der Waals surface area contributed by atoms with Crippen LogP contribution in [0.5, 0.6) is 0 Å². The molecule has 2 heterocycles. The first-order valence-electron chi connectivity index (χ1n) is 8.63. The molecule has 0 radical (unpaired) electrons. The Bertz CT molecular complexity index is 1220. The van der Waals surface area contributed by atoms with Crippen LogP contribution in [0.15, 0.2) is 68.6 Å². The Morgan fingerprint density at radius 1 is 1.04 bits per heavy atom. The lowest BCUT2D eigenvalue weighted by Crippen LogP contribution is -2.31. The summed E-state index contributed by atoms with van der Waals surface area (Å²) in [5.74, 6) is 0.595. The quantitative estimate of drug-likeness (QED) is 0.531. The van der Waals surface area contributed by atoms with Gasteiger partial charge < -0.3 is 4.42 Å². The van der Waals surface area contributed by atoms with Crippen molar-refractivity contribution in [2.75, 3.05) is 0 Å². The van der Waals surface area contributed by atoms with Crippen molar-refractivity contribution in [3.8, 4) is 0 Å². The number of hydrogen-bond acceptors (Lipinski definition) is 4. The summed E-state index contributed by atoms with van der Waals surface area (Å²) < 4.78 is 7.37. The van der Waals surface area contributed by atoms with Crippen molar-refractivity contribution in [1.82, 2.24) is 9.55 Å². The Kier molecular flexibility index (Phi) is 3.92. The number of fused-ring (bicyclic) bond motifs is 2. The maximum atomic E-state index is 13.3. The molecular formula is C21H18N2O3. The van der Waals surface area contributed by atoms with Crippen molar-refractivity contribution >= 4 is 22.1 Å². The summed E-state index contributed by atoms with van der Waals surface area (Å²) in [4.78, 5) is 30.7. The topological polar surface area (TPSA) is 65.1 Å². The summed E-state index contributed by atoms with van der Waals surface area (Å²) in [5.41, 5.74) is 0.828. The second-order valence-electron chi connectivity index (χ2n) is 6.25. The summed E-state index contributed by atoms with van der Waals surface area (Å²) in [6, 6.07) is 16.4. The molecular weight excluding hydrogens is 328 g/mol. The van der Waals surface area contributed by atoms with Gasteiger partial charge in [-0.15, -0.1) is 0 Å². The van der Waals surface area contributed by atoms with Crippen molar-refractivity contribution in [1.29, 1.82) is 0 Å². The Hall–Kier alpha value is -3.21. The third-order valence-corrected chi connectivity index (χ3v) is 4.71. The molecule has 4 rings (SSSR count). The maximum Gasteiger partial charge on any atom is 0.269 e. The van der Waals surface area contributed by atoms with E-state index in [2.05, 4.69) is 4.98 Å². The molecule has 0 saturated heterocycles. The fourth-order valence-corrected chi connectivity index (χ4v) is 3.34. The van der Waals surface area contributed by atoms with E-state index in [-0.39, 0.29) is 28.1 Å². The van der Waals surface area contributed by atoms with Crippen LogP contribution in [0.2, 0.25) is 0 Å². The standard InChI is InChI=1S/C21H18N2O3/c1-3-17-22-20-18(19(24)15-11-7-8-12-16(15)26-20)21(25)23(17)13(2)14-9-5-4-6-10-14/h4-13H,3H2,1-2H3/t13-/m1/s1. The van der Waals surface area contributed by atoms with Crippen LogP contribution in [-0.2, 0) is 6.42 Å². The average molecular weight is 346 g/mol. The Morgan fingerprint density at radius 2 is 1.73 bits per heavy atom. The highest BCUT2D eigenvalue weighted by Gasteiger charge is 2.20. The molecule has 4 aromatic rings. The van der Waals surface area contributed by atoms with Gasteiger partial charge in [0.05, 0.1) is 11.4 Å². The molecule has 26 heavy (non-hydrogen) atoms. The second kappa shape index (κ2) is 6.26. The van der Waals surface area contributed by atoms with Gasteiger partial charge in [-0.2, -0.15) is 4.98 Å². The van der Waals surface area contributed by atoms with E-state index in [0.29, 0.717) is 23.2 Å². The number of benzene rings is 2. The molecule has 1 atom stereocenters. The summed E-state index contributed by atoms with van der Waals surface area (Å²) in [7, 11) is 0. The zero-order valence-electron chi connectivity index (χ0n) is 14.6. The lowest BCUT2D eigenvalue weighted by atomic mass is 10.1. The van der Waals surface area contributed by atoms with Crippen LogP contribution in [-0.4, -0.2) is 9.55 Å². The molecule has 2 aromatic carbocycles. The van der Waals surface area contributed by atoms with Crippen LogP contribution < -0.4 is 11.0 Å². The van der Waals surface area contributed by atoms with Crippen molar-refractivity contribution in [2.24, 2.45) is 0 Å². The van der Waals surface area contributed by atoms with Gasteiger partial charge in [-0.3, -0.25) is 14.2 Å².